The number of rotatable bonds is 3. The van der Waals surface area contributed by atoms with Crippen molar-refractivity contribution >= 4 is 12.0 Å². The summed E-state index contributed by atoms with van der Waals surface area (Å²) in [5, 5.41) is 8.54. The van der Waals surface area contributed by atoms with Gasteiger partial charge in [-0.1, -0.05) is 0 Å². The summed E-state index contributed by atoms with van der Waals surface area (Å²) in [5.74, 6) is -1.35. The zero-order valence-electron chi connectivity index (χ0n) is 8.75. The molecule has 0 amide bonds. The van der Waals surface area contributed by atoms with E-state index < -0.39 is 5.97 Å². The van der Waals surface area contributed by atoms with Crippen LogP contribution < -0.4 is 0 Å². The van der Waals surface area contributed by atoms with E-state index in [1.165, 1.54) is 30.7 Å². The van der Waals surface area contributed by atoms with Gasteiger partial charge in [0.2, 0.25) is 0 Å². The molecule has 0 fully saturated rings. The normalized spacial score (nSPS) is 10.9. The number of aromatic nitrogens is 2. The lowest BCUT2D eigenvalue weighted by Gasteiger charge is -2.04. The number of halogens is 1. The second-order valence-electron chi connectivity index (χ2n) is 3.34. The van der Waals surface area contributed by atoms with E-state index in [0.29, 0.717) is 11.4 Å². The fourth-order valence-electron chi connectivity index (χ4n) is 1.40. The molecule has 17 heavy (non-hydrogen) atoms. The summed E-state index contributed by atoms with van der Waals surface area (Å²) in [5.41, 5.74) is 1.33. The molecule has 0 aliphatic carbocycles. The highest BCUT2D eigenvalue weighted by Crippen LogP contribution is 2.13. The minimum Gasteiger partial charge on any atom is -0.478 e. The Morgan fingerprint density at radius 2 is 2.06 bits per heavy atom. The van der Waals surface area contributed by atoms with Crippen LogP contribution in [0.15, 0.2) is 42.9 Å². The summed E-state index contributed by atoms with van der Waals surface area (Å²) >= 11 is 0. The van der Waals surface area contributed by atoms with Crippen LogP contribution in [0.5, 0.6) is 0 Å². The third-order valence-electron chi connectivity index (χ3n) is 2.17. The van der Waals surface area contributed by atoms with Gasteiger partial charge in [0.05, 0.1) is 18.2 Å². The molecule has 0 unspecified atom stereocenters. The maximum absolute atomic E-state index is 12.8. The van der Waals surface area contributed by atoms with Crippen molar-refractivity contribution < 1.29 is 14.3 Å². The summed E-state index contributed by atoms with van der Waals surface area (Å²) in [6, 6.07) is 5.85. The quantitative estimate of drug-likeness (QED) is 0.824. The fourth-order valence-corrected chi connectivity index (χ4v) is 1.40. The van der Waals surface area contributed by atoms with Gasteiger partial charge in [-0.15, -0.1) is 0 Å². The van der Waals surface area contributed by atoms with Crippen molar-refractivity contribution in [1.29, 1.82) is 0 Å². The lowest BCUT2D eigenvalue weighted by Crippen LogP contribution is -1.95. The molecule has 4 nitrogen and oxygen atoms in total. The maximum atomic E-state index is 12.8. The van der Waals surface area contributed by atoms with Crippen molar-refractivity contribution in [3.05, 3.63) is 54.4 Å². The molecule has 0 bridgehead atoms. The van der Waals surface area contributed by atoms with Crippen molar-refractivity contribution in [3.8, 4) is 5.69 Å². The zero-order valence-corrected chi connectivity index (χ0v) is 8.75. The predicted molar refractivity (Wildman–Crippen MR) is 60.2 cm³/mol. The van der Waals surface area contributed by atoms with E-state index in [0.717, 1.165) is 6.08 Å². The molecule has 0 aliphatic heterocycles. The number of carboxylic acid groups (broad SMARTS) is 1. The van der Waals surface area contributed by atoms with Gasteiger partial charge in [0.25, 0.3) is 0 Å². The topological polar surface area (TPSA) is 55.1 Å². The average Bonchev–Trinajstić information content (AvgIpc) is 2.75. The highest BCUT2D eigenvalue weighted by atomic mass is 19.1. The van der Waals surface area contributed by atoms with E-state index in [9.17, 15) is 9.18 Å². The second kappa shape index (κ2) is 4.61. The summed E-state index contributed by atoms with van der Waals surface area (Å²) in [7, 11) is 0. The van der Waals surface area contributed by atoms with Gasteiger partial charge < -0.3 is 5.11 Å². The van der Waals surface area contributed by atoms with E-state index in [1.54, 1.807) is 16.7 Å². The molecule has 0 spiro atoms. The Bertz CT molecular complexity index is 558. The molecule has 2 rings (SSSR count). The van der Waals surface area contributed by atoms with Crippen molar-refractivity contribution in [2.24, 2.45) is 0 Å². The first-order chi connectivity index (χ1) is 8.16. The summed E-state index contributed by atoms with van der Waals surface area (Å²) in [6.45, 7) is 0. The molecule has 0 aliphatic rings. The van der Waals surface area contributed by atoms with Gasteiger partial charge in [-0.2, -0.15) is 0 Å². The highest BCUT2D eigenvalue weighted by Gasteiger charge is 2.02. The van der Waals surface area contributed by atoms with Gasteiger partial charge in [-0.25, -0.2) is 14.2 Å². The van der Waals surface area contributed by atoms with Gasteiger partial charge in [0, 0.05) is 11.8 Å². The minimum absolute atomic E-state index is 0.323. The van der Waals surface area contributed by atoms with E-state index >= 15 is 0 Å². The van der Waals surface area contributed by atoms with E-state index in [-0.39, 0.29) is 5.82 Å². The van der Waals surface area contributed by atoms with Crippen molar-refractivity contribution in [2.45, 2.75) is 0 Å². The van der Waals surface area contributed by atoms with Crippen LogP contribution in [0, 0.1) is 5.82 Å². The van der Waals surface area contributed by atoms with Crippen LogP contribution in [-0.2, 0) is 4.79 Å². The van der Waals surface area contributed by atoms with Crippen LogP contribution in [-0.4, -0.2) is 20.6 Å². The van der Waals surface area contributed by atoms with Crippen LogP contribution in [0.4, 0.5) is 4.39 Å². The highest BCUT2D eigenvalue weighted by molar-refractivity contribution is 5.85. The number of nitrogens with zero attached hydrogens (tertiary/aromatic N) is 2. The molecule has 86 valence electrons. The molecule has 0 saturated carbocycles. The number of imidazole rings is 1. The van der Waals surface area contributed by atoms with Gasteiger partial charge in [-0.3, -0.25) is 4.57 Å². The third kappa shape index (κ3) is 2.57. The SMILES string of the molecule is O=C(O)C=Cc1cncn1-c1ccc(F)cc1. The van der Waals surface area contributed by atoms with Crippen LogP contribution in [0.1, 0.15) is 5.69 Å². The Hall–Kier alpha value is -2.43. The second-order valence-corrected chi connectivity index (χ2v) is 3.34. The Morgan fingerprint density at radius 1 is 1.35 bits per heavy atom. The van der Waals surface area contributed by atoms with Crippen molar-refractivity contribution in [1.82, 2.24) is 9.55 Å². The maximum Gasteiger partial charge on any atom is 0.328 e. The Labute approximate surface area is 96.7 Å². The summed E-state index contributed by atoms with van der Waals surface area (Å²) in [6.07, 6.45) is 5.52. The van der Waals surface area contributed by atoms with Crippen molar-refractivity contribution in [2.75, 3.05) is 0 Å². The molecule has 1 heterocycles. The van der Waals surface area contributed by atoms with Crippen LogP contribution >= 0.6 is 0 Å². The largest absolute Gasteiger partial charge is 0.478 e. The van der Waals surface area contributed by atoms with Gasteiger partial charge in [0.15, 0.2) is 0 Å². The zero-order chi connectivity index (χ0) is 12.3. The van der Waals surface area contributed by atoms with Gasteiger partial charge in [-0.05, 0) is 30.3 Å². The van der Waals surface area contributed by atoms with E-state index in [2.05, 4.69) is 4.98 Å². The summed E-state index contributed by atoms with van der Waals surface area (Å²) < 4.78 is 14.4. The minimum atomic E-state index is -1.03. The number of carbonyl (C=O) groups is 1. The predicted octanol–water partition coefficient (Wildman–Crippen LogP) is 2.11. The molecule has 1 aromatic heterocycles. The molecule has 5 heteroatoms. The van der Waals surface area contributed by atoms with Crippen LogP contribution in [0.3, 0.4) is 0 Å². The Balaban J connectivity index is 2.36. The molecular formula is C12H9FN2O2. The molecule has 2 aromatic rings. The Morgan fingerprint density at radius 3 is 2.71 bits per heavy atom. The molecule has 0 saturated heterocycles. The van der Waals surface area contributed by atoms with Crippen LogP contribution in [0.2, 0.25) is 0 Å². The number of hydrogen-bond donors (Lipinski definition) is 1. The monoisotopic (exact) mass is 232 g/mol. The first-order valence-corrected chi connectivity index (χ1v) is 4.86. The lowest BCUT2D eigenvalue weighted by atomic mass is 10.3. The molecule has 0 atom stereocenters. The van der Waals surface area contributed by atoms with Gasteiger partial charge in [0.1, 0.15) is 5.82 Å². The number of carboxylic acids is 1. The molecule has 1 aromatic carbocycles. The van der Waals surface area contributed by atoms with E-state index in [1.807, 2.05) is 0 Å². The Kier molecular flexibility index (Phi) is 3.00. The number of benzene rings is 1. The standard InChI is InChI=1S/C12H9FN2O2/c13-9-1-3-10(4-2-9)15-8-14-7-11(15)5-6-12(16)17/h1-8H,(H,16,17). The fraction of sp³-hybridized carbons (Fsp3) is 0. The van der Waals surface area contributed by atoms with Gasteiger partial charge >= 0.3 is 5.97 Å². The first kappa shape index (κ1) is 11.1. The van der Waals surface area contributed by atoms with E-state index in [4.69, 9.17) is 5.11 Å². The molecule has 1 N–H and O–H groups in total. The summed E-state index contributed by atoms with van der Waals surface area (Å²) in [4.78, 5) is 14.3. The first-order valence-electron chi connectivity index (χ1n) is 4.86. The average molecular weight is 232 g/mol. The van der Waals surface area contributed by atoms with Crippen molar-refractivity contribution in [3.63, 3.8) is 0 Å². The molecule has 0 radical (unpaired) electrons. The smallest absolute Gasteiger partial charge is 0.328 e. The lowest BCUT2D eigenvalue weighted by molar-refractivity contribution is -0.131. The molecular weight excluding hydrogens is 223 g/mol. The van der Waals surface area contributed by atoms with Crippen LogP contribution in [0.25, 0.3) is 11.8 Å². The third-order valence-corrected chi connectivity index (χ3v) is 2.17. The number of aliphatic carboxylic acids is 1. The number of hydrogen-bond acceptors (Lipinski definition) is 2.